The lowest BCUT2D eigenvalue weighted by atomic mass is 10.1. The number of nitrogens with one attached hydrogen (secondary N) is 1. The number of nitrogens with zero attached hydrogens (tertiary/aromatic N) is 2. The molecule has 0 aliphatic rings. The molecular weight excluding hydrogens is 250 g/mol. The van der Waals surface area contributed by atoms with Gasteiger partial charge in [0.1, 0.15) is 5.52 Å². The van der Waals surface area contributed by atoms with Crippen LogP contribution in [-0.4, -0.2) is 27.7 Å². The van der Waals surface area contributed by atoms with Crippen molar-refractivity contribution in [2.24, 2.45) is 5.92 Å². The zero-order valence-corrected chi connectivity index (χ0v) is 10.7. The monoisotopic (exact) mass is 265 g/mol. The van der Waals surface area contributed by atoms with E-state index in [2.05, 4.69) is 10.3 Å². The first-order valence-corrected chi connectivity index (χ1v) is 5.93. The van der Waals surface area contributed by atoms with Crippen LogP contribution in [0.5, 0.6) is 0 Å². The Morgan fingerprint density at radius 2 is 2.26 bits per heavy atom. The second kappa shape index (κ2) is 5.23. The highest BCUT2D eigenvalue weighted by Crippen LogP contribution is 2.24. The molecule has 2 rings (SSSR count). The Morgan fingerprint density at radius 1 is 1.53 bits per heavy atom. The molecule has 2 aromatic rings. The van der Waals surface area contributed by atoms with Gasteiger partial charge in [0, 0.05) is 18.7 Å². The van der Waals surface area contributed by atoms with Crippen molar-refractivity contribution in [2.75, 3.05) is 11.9 Å². The van der Waals surface area contributed by atoms with E-state index in [1.165, 1.54) is 12.1 Å². The minimum Gasteiger partial charge on any atom is -0.423 e. The number of aromatic nitrogens is 1. The predicted octanol–water partition coefficient (Wildman–Crippen LogP) is 2.16. The van der Waals surface area contributed by atoms with Gasteiger partial charge in [0.15, 0.2) is 5.58 Å². The molecule has 0 saturated heterocycles. The summed E-state index contributed by atoms with van der Waals surface area (Å²) in [5.74, 6) is 0.0457. The van der Waals surface area contributed by atoms with Crippen molar-refractivity contribution in [3.05, 3.63) is 28.3 Å². The number of aliphatic hydroxyl groups is 1. The van der Waals surface area contributed by atoms with Crippen LogP contribution >= 0.6 is 0 Å². The molecule has 0 radical (unpaired) electrons. The quantitative estimate of drug-likeness (QED) is 0.634. The van der Waals surface area contributed by atoms with Crippen LogP contribution in [0.2, 0.25) is 0 Å². The second-order valence-corrected chi connectivity index (χ2v) is 4.52. The molecule has 0 aliphatic heterocycles. The minimum absolute atomic E-state index is 0.0203. The Bertz CT molecular complexity index is 596. The van der Waals surface area contributed by atoms with Crippen LogP contribution in [0.15, 0.2) is 22.6 Å². The summed E-state index contributed by atoms with van der Waals surface area (Å²) in [4.78, 5) is 14.4. The van der Waals surface area contributed by atoms with Gasteiger partial charge in [-0.3, -0.25) is 10.1 Å². The maximum absolute atomic E-state index is 10.7. The molecule has 0 aliphatic carbocycles. The first-order valence-electron chi connectivity index (χ1n) is 5.93. The number of anilines is 1. The number of aliphatic hydroxyl groups excluding tert-OH is 1. The van der Waals surface area contributed by atoms with E-state index in [-0.39, 0.29) is 24.3 Å². The van der Waals surface area contributed by atoms with Gasteiger partial charge in [0.25, 0.3) is 11.7 Å². The SMILES string of the molecule is CC(CO)C(C)Nc1nc2ccc([N+](=O)[O-])cc2o1. The number of benzene rings is 1. The summed E-state index contributed by atoms with van der Waals surface area (Å²) < 4.78 is 5.42. The lowest BCUT2D eigenvalue weighted by Gasteiger charge is -2.17. The van der Waals surface area contributed by atoms with Crippen molar-refractivity contribution >= 4 is 22.8 Å². The van der Waals surface area contributed by atoms with Crippen molar-refractivity contribution in [2.45, 2.75) is 19.9 Å². The van der Waals surface area contributed by atoms with E-state index in [4.69, 9.17) is 9.52 Å². The number of oxazole rings is 1. The van der Waals surface area contributed by atoms with Crippen LogP contribution in [0.4, 0.5) is 11.7 Å². The number of fused-ring (bicyclic) bond motifs is 1. The molecule has 0 bridgehead atoms. The Kier molecular flexibility index (Phi) is 3.66. The largest absolute Gasteiger partial charge is 0.423 e. The van der Waals surface area contributed by atoms with Crippen molar-refractivity contribution in [3.63, 3.8) is 0 Å². The van der Waals surface area contributed by atoms with Crippen molar-refractivity contribution < 1.29 is 14.4 Å². The molecule has 7 nitrogen and oxygen atoms in total. The molecule has 0 amide bonds. The highest BCUT2D eigenvalue weighted by Gasteiger charge is 2.15. The molecule has 0 fully saturated rings. The summed E-state index contributed by atoms with van der Waals surface area (Å²) in [5.41, 5.74) is 0.879. The molecule has 0 spiro atoms. The average molecular weight is 265 g/mol. The van der Waals surface area contributed by atoms with Gasteiger partial charge >= 0.3 is 0 Å². The minimum atomic E-state index is -0.481. The second-order valence-electron chi connectivity index (χ2n) is 4.52. The summed E-state index contributed by atoms with van der Waals surface area (Å²) in [5, 5.41) is 22.7. The molecule has 7 heteroatoms. The summed E-state index contributed by atoms with van der Waals surface area (Å²) >= 11 is 0. The van der Waals surface area contributed by atoms with E-state index in [1.807, 2.05) is 13.8 Å². The zero-order chi connectivity index (χ0) is 14.0. The highest BCUT2D eigenvalue weighted by atomic mass is 16.6. The Labute approximate surface area is 109 Å². The van der Waals surface area contributed by atoms with E-state index in [0.717, 1.165) is 0 Å². The predicted molar refractivity (Wildman–Crippen MR) is 70.0 cm³/mol. The number of non-ortho nitro benzene ring substituents is 1. The highest BCUT2D eigenvalue weighted by molar-refractivity contribution is 5.77. The fourth-order valence-electron chi connectivity index (χ4n) is 1.58. The third kappa shape index (κ3) is 2.82. The topological polar surface area (TPSA) is 101 Å². The summed E-state index contributed by atoms with van der Waals surface area (Å²) in [6, 6.07) is 4.54. The molecule has 1 heterocycles. The molecule has 102 valence electrons. The number of nitro groups is 1. The van der Waals surface area contributed by atoms with Gasteiger partial charge in [-0.1, -0.05) is 6.92 Å². The van der Waals surface area contributed by atoms with Gasteiger partial charge in [-0.15, -0.1) is 0 Å². The van der Waals surface area contributed by atoms with Crippen molar-refractivity contribution in [1.29, 1.82) is 0 Å². The standard InChI is InChI=1S/C12H15N3O4/c1-7(6-16)8(2)13-12-14-10-4-3-9(15(17)18)5-11(10)19-12/h3-5,7-8,16H,6H2,1-2H3,(H,13,14). The molecule has 1 aromatic heterocycles. The van der Waals surface area contributed by atoms with Crippen molar-refractivity contribution in [3.8, 4) is 0 Å². The van der Waals surface area contributed by atoms with Gasteiger partial charge in [-0.25, -0.2) is 0 Å². The first-order chi connectivity index (χ1) is 9.01. The molecule has 0 saturated carbocycles. The van der Waals surface area contributed by atoms with Crippen molar-refractivity contribution in [1.82, 2.24) is 4.98 Å². The fourth-order valence-corrected chi connectivity index (χ4v) is 1.58. The zero-order valence-electron chi connectivity index (χ0n) is 10.7. The molecule has 2 atom stereocenters. The van der Waals surface area contributed by atoms with Crippen LogP contribution < -0.4 is 5.32 Å². The first kappa shape index (κ1) is 13.3. The van der Waals surface area contributed by atoms with E-state index in [1.54, 1.807) is 6.07 Å². The van der Waals surface area contributed by atoms with E-state index >= 15 is 0 Å². The maximum atomic E-state index is 10.7. The third-order valence-electron chi connectivity index (χ3n) is 3.08. The van der Waals surface area contributed by atoms with E-state index in [9.17, 15) is 10.1 Å². The van der Waals surface area contributed by atoms with Crippen LogP contribution in [0.1, 0.15) is 13.8 Å². The van der Waals surface area contributed by atoms with Gasteiger partial charge in [0.2, 0.25) is 0 Å². The van der Waals surface area contributed by atoms with Gasteiger partial charge in [-0.2, -0.15) is 4.98 Å². The molecule has 19 heavy (non-hydrogen) atoms. The number of nitro benzene ring substituents is 1. The van der Waals surface area contributed by atoms with E-state index in [0.29, 0.717) is 17.1 Å². The average Bonchev–Trinajstić information content (AvgIpc) is 2.78. The Hall–Kier alpha value is -2.15. The van der Waals surface area contributed by atoms with Crippen LogP contribution in [0, 0.1) is 16.0 Å². The fraction of sp³-hybridized carbons (Fsp3) is 0.417. The van der Waals surface area contributed by atoms with Crippen LogP contribution in [0.3, 0.4) is 0 Å². The Morgan fingerprint density at radius 3 is 2.89 bits per heavy atom. The lowest BCUT2D eigenvalue weighted by Crippen LogP contribution is -2.26. The summed E-state index contributed by atoms with van der Waals surface area (Å²) in [6.07, 6.45) is 0. The third-order valence-corrected chi connectivity index (χ3v) is 3.08. The normalized spacial score (nSPS) is 14.3. The van der Waals surface area contributed by atoms with Crippen LogP contribution in [0.25, 0.3) is 11.1 Å². The van der Waals surface area contributed by atoms with E-state index < -0.39 is 4.92 Å². The molecular formula is C12H15N3O4. The number of rotatable bonds is 5. The molecule has 2 unspecified atom stereocenters. The molecule has 1 aromatic carbocycles. The smallest absolute Gasteiger partial charge is 0.295 e. The Balaban J connectivity index is 2.24. The van der Waals surface area contributed by atoms with Crippen LogP contribution in [-0.2, 0) is 0 Å². The summed E-state index contributed by atoms with van der Waals surface area (Å²) in [7, 11) is 0. The lowest BCUT2D eigenvalue weighted by molar-refractivity contribution is -0.384. The number of hydrogen-bond donors (Lipinski definition) is 2. The molecule has 2 N–H and O–H groups in total. The van der Waals surface area contributed by atoms with Gasteiger partial charge in [0.05, 0.1) is 11.0 Å². The van der Waals surface area contributed by atoms with Gasteiger partial charge in [-0.05, 0) is 18.9 Å². The number of hydrogen-bond acceptors (Lipinski definition) is 6. The maximum Gasteiger partial charge on any atom is 0.295 e. The summed E-state index contributed by atoms with van der Waals surface area (Å²) in [6.45, 7) is 3.85. The van der Waals surface area contributed by atoms with Gasteiger partial charge < -0.3 is 14.8 Å².